The van der Waals surface area contributed by atoms with Crippen LogP contribution in [0.1, 0.15) is 56.0 Å². The Morgan fingerprint density at radius 3 is 2.34 bits per heavy atom. The van der Waals surface area contributed by atoms with Gasteiger partial charge in [-0.05, 0) is 66.3 Å². The number of Topliss-reactive ketones (excluding diaryl/α,β-unsaturated/α-hetero) is 1. The Hall–Kier alpha value is -3.93. The van der Waals surface area contributed by atoms with Crippen LogP contribution in [0.4, 0.5) is 5.82 Å². The van der Waals surface area contributed by atoms with Crippen LogP contribution >= 0.6 is 0 Å². The van der Waals surface area contributed by atoms with Gasteiger partial charge in [-0.3, -0.25) is 14.5 Å². The van der Waals surface area contributed by atoms with Crippen molar-refractivity contribution in [2.75, 3.05) is 11.5 Å². The van der Waals surface area contributed by atoms with Crippen LogP contribution in [-0.4, -0.2) is 28.4 Å². The van der Waals surface area contributed by atoms with Crippen molar-refractivity contribution in [3.8, 4) is 5.75 Å². The number of hydrogen-bond acceptors (Lipinski definition) is 5. The molecular weight excluding hydrogens is 440 g/mol. The standard InChI is InChI=1S/C29H30N2O4/c1-6-35-21-14-15-22(18(2)17-21)26(32)24-25(19-10-12-20(13-11-19)29(3,4)5)31(28(34)27(24)33)23-9-7-8-16-30-23/h7-17,25,32H,6H2,1-5H3. The van der Waals surface area contributed by atoms with Gasteiger partial charge >= 0.3 is 5.91 Å². The number of aliphatic hydroxyl groups excluding tert-OH is 1. The van der Waals surface area contributed by atoms with Crippen molar-refractivity contribution in [3.63, 3.8) is 0 Å². The van der Waals surface area contributed by atoms with Gasteiger partial charge in [0.2, 0.25) is 0 Å². The van der Waals surface area contributed by atoms with Gasteiger partial charge < -0.3 is 9.84 Å². The van der Waals surface area contributed by atoms with Crippen molar-refractivity contribution in [3.05, 3.63) is 94.7 Å². The molecule has 6 heteroatoms. The molecule has 0 bridgehead atoms. The average molecular weight is 471 g/mol. The first kappa shape index (κ1) is 24.2. The van der Waals surface area contributed by atoms with Crippen LogP contribution in [-0.2, 0) is 15.0 Å². The van der Waals surface area contributed by atoms with E-state index in [-0.39, 0.29) is 16.7 Å². The molecular formula is C29H30N2O4. The minimum absolute atomic E-state index is 0.0384. The molecule has 1 aliphatic heterocycles. The fourth-order valence-corrected chi connectivity index (χ4v) is 4.35. The summed E-state index contributed by atoms with van der Waals surface area (Å²) < 4.78 is 5.55. The number of amides is 1. The van der Waals surface area contributed by atoms with E-state index >= 15 is 0 Å². The molecule has 4 rings (SSSR count). The first-order valence-corrected chi connectivity index (χ1v) is 11.7. The largest absolute Gasteiger partial charge is 0.507 e. The summed E-state index contributed by atoms with van der Waals surface area (Å²) in [7, 11) is 0. The highest BCUT2D eigenvalue weighted by molar-refractivity contribution is 6.51. The molecule has 1 amide bonds. The molecule has 1 N–H and O–H groups in total. The van der Waals surface area contributed by atoms with E-state index in [1.165, 1.54) is 4.90 Å². The van der Waals surface area contributed by atoms with Crippen molar-refractivity contribution >= 4 is 23.3 Å². The zero-order valence-electron chi connectivity index (χ0n) is 20.7. The second-order valence-electron chi connectivity index (χ2n) is 9.64. The number of aliphatic hydroxyl groups is 1. The van der Waals surface area contributed by atoms with E-state index in [4.69, 9.17) is 4.74 Å². The molecule has 0 spiro atoms. The molecule has 1 aromatic heterocycles. The number of aryl methyl sites for hydroxylation is 1. The second kappa shape index (κ2) is 9.37. The third kappa shape index (κ3) is 4.56. The number of ether oxygens (including phenoxy) is 1. The molecule has 6 nitrogen and oxygen atoms in total. The van der Waals surface area contributed by atoms with Crippen LogP contribution in [0.25, 0.3) is 5.76 Å². The molecule has 35 heavy (non-hydrogen) atoms. The maximum absolute atomic E-state index is 13.3. The van der Waals surface area contributed by atoms with Crippen LogP contribution in [0, 0.1) is 6.92 Å². The van der Waals surface area contributed by atoms with Gasteiger partial charge in [-0.15, -0.1) is 0 Å². The lowest BCUT2D eigenvalue weighted by molar-refractivity contribution is -0.132. The maximum Gasteiger partial charge on any atom is 0.301 e. The van der Waals surface area contributed by atoms with Crippen molar-refractivity contribution in [2.45, 2.75) is 46.1 Å². The third-order valence-corrected chi connectivity index (χ3v) is 6.20. The van der Waals surface area contributed by atoms with Crippen LogP contribution in [0.15, 0.2) is 72.4 Å². The van der Waals surface area contributed by atoms with E-state index in [1.54, 1.807) is 42.6 Å². The summed E-state index contributed by atoms with van der Waals surface area (Å²) in [5.41, 5.74) is 3.03. The van der Waals surface area contributed by atoms with Gasteiger partial charge in [-0.25, -0.2) is 4.98 Å². The number of aromatic nitrogens is 1. The minimum atomic E-state index is -0.815. The van der Waals surface area contributed by atoms with Gasteiger partial charge in [0.05, 0.1) is 18.2 Å². The van der Waals surface area contributed by atoms with Gasteiger partial charge in [-0.1, -0.05) is 51.1 Å². The smallest absolute Gasteiger partial charge is 0.301 e. The number of nitrogens with zero attached hydrogens (tertiary/aromatic N) is 2. The number of carbonyl (C=O) groups excluding carboxylic acids is 2. The summed E-state index contributed by atoms with van der Waals surface area (Å²) in [4.78, 5) is 32.3. The number of carbonyl (C=O) groups is 2. The molecule has 0 aliphatic carbocycles. The Labute approximate surface area is 205 Å². The highest BCUT2D eigenvalue weighted by Gasteiger charge is 2.47. The monoisotopic (exact) mass is 470 g/mol. The highest BCUT2D eigenvalue weighted by Crippen LogP contribution is 2.42. The van der Waals surface area contributed by atoms with Crippen LogP contribution in [0.3, 0.4) is 0 Å². The van der Waals surface area contributed by atoms with E-state index in [0.717, 1.165) is 11.1 Å². The van der Waals surface area contributed by atoms with E-state index in [9.17, 15) is 14.7 Å². The summed E-state index contributed by atoms with van der Waals surface area (Å²) in [5, 5.41) is 11.4. The molecule has 1 unspecified atom stereocenters. The van der Waals surface area contributed by atoms with Gasteiger partial charge in [0.15, 0.2) is 0 Å². The molecule has 1 saturated heterocycles. The second-order valence-corrected chi connectivity index (χ2v) is 9.64. The molecule has 3 aromatic rings. The SMILES string of the molecule is CCOc1ccc(C(O)=C2C(=O)C(=O)N(c3ccccn3)C2c2ccc(C(C)(C)C)cc2)c(C)c1. The summed E-state index contributed by atoms with van der Waals surface area (Å²) in [5.74, 6) is -0.663. The first-order chi connectivity index (χ1) is 16.6. The molecule has 180 valence electrons. The van der Waals surface area contributed by atoms with Gasteiger partial charge in [0.1, 0.15) is 17.3 Å². The number of ketones is 1. The number of hydrogen-bond donors (Lipinski definition) is 1. The normalized spacial score (nSPS) is 17.6. The van der Waals surface area contributed by atoms with Crippen LogP contribution in [0.2, 0.25) is 0 Å². The number of pyridine rings is 1. The molecule has 0 saturated carbocycles. The fourth-order valence-electron chi connectivity index (χ4n) is 4.35. The highest BCUT2D eigenvalue weighted by atomic mass is 16.5. The van der Waals surface area contributed by atoms with E-state index < -0.39 is 17.7 Å². The van der Waals surface area contributed by atoms with Gasteiger partial charge in [-0.2, -0.15) is 0 Å². The molecule has 2 heterocycles. The predicted molar refractivity (Wildman–Crippen MR) is 137 cm³/mol. The number of benzene rings is 2. The summed E-state index contributed by atoms with van der Waals surface area (Å²) >= 11 is 0. The lowest BCUT2D eigenvalue weighted by atomic mass is 9.85. The fraction of sp³-hybridized carbons (Fsp3) is 0.276. The molecule has 1 fully saturated rings. The summed E-state index contributed by atoms with van der Waals surface area (Å²) in [6.45, 7) is 10.6. The number of rotatable bonds is 5. The molecule has 1 atom stereocenters. The first-order valence-electron chi connectivity index (χ1n) is 11.7. The Kier molecular flexibility index (Phi) is 6.48. The Morgan fingerprint density at radius 2 is 1.77 bits per heavy atom. The minimum Gasteiger partial charge on any atom is -0.507 e. The zero-order chi connectivity index (χ0) is 25.3. The van der Waals surface area contributed by atoms with Crippen molar-refractivity contribution in [1.29, 1.82) is 0 Å². The van der Waals surface area contributed by atoms with Crippen LogP contribution in [0.5, 0.6) is 5.75 Å². The molecule has 1 aliphatic rings. The van der Waals surface area contributed by atoms with Crippen molar-refractivity contribution in [2.24, 2.45) is 0 Å². The predicted octanol–water partition coefficient (Wildman–Crippen LogP) is 5.71. The lowest BCUT2D eigenvalue weighted by Crippen LogP contribution is -2.30. The van der Waals surface area contributed by atoms with Crippen molar-refractivity contribution in [1.82, 2.24) is 4.98 Å². The average Bonchev–Trinajstić information content (AvgIpc) is 3.09. The topological polar surface area (TPSA) is 79.7 Å². The molecule has 0 radical (unpaired) electrons. The summed E-state index contributed by atoms with van der Waals surface area (Å²) in [6, 6.07) is 17.4. The summed E-state index contributed by atoms with van der Waals surface area (Å²) in [6.07, 6.45) is 1.57. The van der Waals surface area contributed by atoms with E-state index in [0.29, 0.717) is 29.3 Å². The maximum atomic E-state index is 13.3. The van der Waals surface area contributed by atoms with E-state index in [1.807, 2.05) is 38.1 Å². The van der Waals surface area contributed by atoms with Crippen LogP contribution < -0.4 is 9.64 Å². The quantitative estimate of drug-likeness (QED) is 0.293. The number of anilines is 1. The zero-order valence-corrected chi connectivity index (χ0v) is 20.7. The molecule has 2 aromatic carbocycles. The Balaban J connectivity index is 1.91. The lowest BCUT2D eigenvalue weighted by Gasteiger charge is -2.26. The van der Waals surface area contributed by atoms with E-state index in [2.05, 4.69) is 25.8 Å². The van der Waals surface area contributed by atoms with Gasteiger partial charge in [0.25, 0.3) is 5.78 Å². The van der Waals surface area contributed by atoms with Gasteiger partial charge in [0, 0.05) is 11.8 Å². The Morgan fingerprint density at radius 1 is 1.06 bits per heavy atom. The Bertz CT molecular complexity index is 1290. The third-order valence-electron chi connectivity index (χ3n) is 6.20. The van der Waals surface area contributed by atoms with Crippen molar-refractivity contribution < 1.29 is 19.4 Å².